The lowest BCUT2D eigenvalue weighted by molar-refractivity contribution is -0.139. The summed E-state index contributed by atoms with van der Waals surface area (Å²) in [7, 11) is 0. The van der Waals surface area contributed by atoms with Crippen LogP contribution in [0, 0.1) is 6.92 Å². The maximum absolute atomic E-state index is 13.6. The molecule has 0 aliphatic carbocycles. The highest BCUT2D eigenvalue weighted by Gasteiger charge is 2.34. The number of hydrogen-bond donors (Lipinski definition) is 1. The average molecular weight is 463 g/mol. The third-order valence-electron chi connectivity index (χ3n) is 5.13. The van der Waals surface area contributed by atoms with Crippen molar-refractivity contribution in [2.75, 3.05) is 19.6 Å². The minimum atomic E-state index is -4.51. The van der Waals surface area contributed by atoms with E-state index in [9.17, 15) is 22.8 Å². The molecule has 170 valence electrons. The lowest BCUT2D eigenvalue weighted by atomic mass is 10.1. The van der Waals surface area contributed by atoms with Gasteiger partial charge in [-0.15, -0.1) is 0 Å². The van der Waals surface area contributed by atoms with Gasteiger partial charge in [0.05, 0.1) is 5.56 Å². The number of halogens is 3. The van der Waals surface area contributed by atoms with E-state index in [1.807, 2.05) is 19.1 Å². The van der Waals surface area contributed by atoms with Crippen molar-refractivity contribution in [3.63, 3.8) is 0 Å². The summed E-state index contributed by atoms with van der Waals surface area (Å²) in [5.74, 6) is -0.245. The van der Waals surface area contributed by atoms with E-state index in [4.69, 9.17) is 0 Å². The smallest absolute Gasteiger partial charge is 0.352 e. The zero-order valence-electron chi connectivity index (χ0n) is 17.7. The van der Waals surface area contributed by atoms with Gasteiger partial charge in [-0.2, -0.15) is 13.2 Å². The Balaban J connectivity index is 1.60. The number of rotatable bonds is 8. The van der Waals surface area contributed by atoms with Crippen LogP contribution >= 0.6 is 11.8 Å². The SMILES string of the molecule is Cc1ccccc1Sc1ccc(C=CC(=O)NCCCN2CCCC2=O)cc1C(F)(F)F. The lowest BCUT2D eigenvalue weighted by Gasteiger charge is -2.15. The summed E-state index contributed by atoms with van der Waals surface area (Å²) in [5, 5.41) is 2.70. The molecule has 1 aliphatic rings. The number of aryl methyl sites for hydroxylation is 1. The molecule has 0 radical (unpaired) electrons. The Hall–Kier alpha value is -2.74. The van der Waals surface area contributed by atoms with Crippen molar-refractivity contribution in [2.24, 2.45) is 0 Å². The molecule has 1 saturated heterocycles. The fourth-order valence-electron chi connectivity index (χ4n) is 3.40. The van der Waals surface area contributed by atoms with Gasteiger partial charge in [0.2, 0.25) is 11.8 Å². The van der Waals surface area contributed by atoms with E-state index in [0.29, 0.717) is 31.5 Å². The van der Waals surface area contributed by atoms with E-state index in [1.165, 1.54) is 18.2 Å². The lowest BCUT2D eigenvalue weighted by Crippen LogP contribution is -2.29. The third kappa shape index (κ3) is 6.63. The molecule has 1 N–H and O–H groups in total. The highest BCUT2D eigenvalue weighted by atomic mass is 32.2. The predicted molar refractivity (Wildman–Crippen MR) is 119 cm³/mol. The van der Waals surface area contributed by atoms with Gasteiger partial charge in [-0.1, -0.05) is 36.0 Å². The molecule has 1 heterocycles. The molecule has 2 amide bonds. The van der Waals surface area contributed by atoms with Crippen molar-refractivity contribution in [3.05, 3.63) is 65.2 Å². The van der Waals surface area contributed by atoms with Crippen LogP contribution in [0.25, 0.3) is 6.08 Å². The summed E-state index contributed by atoms with van der Waals surface area (Å²) in [6.07, 6.45) is 0.174. The van der Waals surface area contributed by atoms with Gasteiger partial charge in [0.1, 0.15) is 0 Å². The number of benzene rings is 2. The molecule has 2 aromatic rings. The maximum atomic E-state index is 13.6. The van der Waals surface area contributed by atoms with Crippen LogP contribution in [0.15, 0.2) is 58.3 Å². The molecule has 2 aromatic carbocycles. The number of carbonyl (C=O) groups is 2. The van der Waals surface area contributed by atoms with Gasteiger partial charge in [-0.3, -0.25) is 9.59 Å². The second kappa shape index (κ2) is 10.7. The molecule has 8 heteroatoms. The number of likely N-dealkylation sites (tertiary alicyclic amines) is 1. The van der Waals surface area contributed by atoms with Crippen molar-refractivity contribution in [3.8, 4) is 0 Å². The molecule has 1 aliphatic heterocycles. The largest absolute Gasteiger partial charge is 0.417 e. The van der Waals surface area contributed by atoms with Crippen LogP contribution in [0.5, 0.6) is 0 Å². The fourth-order valence-corrected chi connectivity index (χ4v) is 4.44. The van der Waals surface area contributed by atoms with Crippen molar-refractivity contribution in [1.82, 2.24) is 10.2 Å². The van der Waals surface area contributed by atoms with Crippen LogP contribution in [0.4, 0.5) is 13.2 Å². The number of nitrogens with one attached hydrogen (secondary N) is 1. The first-order chi connectivity index (χ1) is 15.2. The van der Waals surface area contributed by atoms with Gasteiger partial charge in [0.25, 0.3) is 0 Å². The summed E-state index contributed by atoms with van der Waals surface area (Å²) >= 11 is 1.07. The molecule has 3 rings (SSSR count). The number of alkyl halides is 3. The van der Waals surface area contributed by atoms with Crippen LogP contribution in [0.1, 0.15) is 36.0 Å². The van der Waals surface area contributed by atoms with Crippen molar-refractivity contribution < 1.29 is 22.8 Å². The molecule has 0 atom stereocenters. The highest BCUT2D eigenvalue weighted by molar-refractivity contribution is 7.99. The second-order valence-corrected chi connectivity index (χ2v) is 8.67. The Bertz CT molecular complexity index is 1000. The number of hydrogen-bond acceptors (Lipinski definition) is 3. The summed E-state index contributed by atoms with van der Waals surface area (Å²) in [5.41, 5.74) is 0.466. The second-order valence-electron chi connectivity index (χ2n) is 7.58. The van der Waals surface area contributed by atoms with Gasteiger partial charge in [-0.05, 0) is 55.2 Å². The van der Waals surface area contributed by atoms with E-state index in [2.05, 4.69) is 5.32 Å². The van der Waals surface area contributed by atoms with Crippen LogP contribution in [0.3, 0.4) is 0 Å². The minimum Gasteiger partial charge on any atom is -0.352 e. The standard InChI is InChI=1S/C24H25F3N2O2S/c1-17-6-2-3-7-20(17)32-21-11-9-18(16-19(21)24(25,26)27)10-12-22(30)28-13-5-15-29-14-4-8-23(29)31/h2-3,6-7,9-12,16H,4-5,8,13-15H2,1H3,(H,28,30). The predicted octanol–water partition coefficient (Wildman–Crippen LogP) is 5.31. The topological polar surface area (TPSA) is 49.4 Å². The van der Waals surface area contributed by atoms with E-state index in [-0.39, 0.29) is 16.7 Å². The number of amides is 2. The van der Waals surface area contributed by atoms with Gasteiger partial charge in [0.15, 0.2) is 0 Å². The first kappa shape index (κ1) is 23.9. The number of nitrogens with zero attached hydrogens (tertiary/aromatic N) is 1. The maximum Gasteiger partial charge on any atom is 0.417 e. The van der Waals surface area contributed by atoms with Crippen molar-refractivity contribution in [1.29, 1.82) is 0 Å². The van der Waals surface area contributed by atoms with Gasteiger partial charge in [-0.25, -0.2) is 0 Å². The molecular weight excluding hydrogens is 437 g/mol. The zero-order chi connectivity index (χ0) is 23.1. The average Bonchev–Trinajstić information content (AvgIpc) is 3.16. The van der Waals surface area contributed by atoms with E-state index in [1.54, 1.807) is 23.1 Å². The summed E-state index contributed by atoms with van der Waals surface area (Å²) in [4.78, 5) is 26.2. The number of carbonyl (C=O) groups excluding carboxylic acids is 2. The quantitative estimate of drug-likeness (QED) is 0.427. The first-order valence-corrected chi connectivity index (χ1v) is 11.2. The highest BCUT2D eigenvalue weighted by Crippen LogP contribution is 2.40. The Morgan fingerprint density at radius 2 is 1.97 bits per heavy atom. The van der Waals surface area contributed by atoms with Crippen molar-refractivity contribution in [2.45, 2.75) is 42.2 Å². The Morgan fingerprint density at radius 3 is 2.66 bits per heavy atom. The molecule has 0 spiro atoms. The van der Waals surface area contributed by atoms with Crippen molar-refractivity contribution >= 4 is 29.7 Å². The molecular formula is C24H25F3N2O2S. The monoisotopic (exact) mass is 462 g/mol. The molecule has 4 nitrogen and oxygen atoms in total. The van der Waals surface area contributed by atoms with Crippen LogP contribution in [-0.2, 0) is 15.8 Å². The molecule has 0 unspecified atom stereocenters. The van der Waals surface area contributed by atoms with Gasteiger partial charge < -0.3 is 10.2 Å². The Kier molecular flexibility index (Phi) is 8.01. The molecule has 0 aromatic heterocycles. The van der Waals surface area contributed by atoms with Crippen LogP contribution in [-0.4, -0.2) is 36.3 Å². The Morgan fingerprint density at radius 1 is 1.19 bits per heavy atom. The van der Waals surface area contributed by atoms with Gasteiger partial charge in [0, 0.05) is 41.9 Å². The minimum absolute atomic E-state index is 0.116. The summed E-state index contributed by atoms with van der Waals surface area (Å²) in [6, 6.07) is 11.3. The van der Waals surface area contributed by atoms with E-state index < -0.39 is 11.7 Å². The Labute approximate surface area is 189 Å². The molecule has 32 heavy (non-hydrogen) atoms. The third-order valence-corrected chi connectivity index (χ3v) is 6.38. The van der Waals surface area contributed by atoms with E-state index in [0.717, 1.165) is 41.3 Å². The zero-order valence-corrected chi connectivity index (χ0v) is 18.6. The molecule has 0 saturated carbocycles. The molecule has 0 bridgehead atoms. The van der Waals surface area contributed by atoms with E-state index >= 15 is 0 Å². The molecule has 1 fully saturated rings. The summed E-state index contributed by atoms with van der Waals surface area (Å²) < 4.78 is 40.9. The fraction of sp³-hybridized carbons (Fsp3) is 0.333. The normalized spacial score (nSPS) is 14.4. The van der Waals surface area contributed by atoms with Crippen LogP contribution in [0.2, 0.25) is 0 Å². The van der Waals surface area contributed by atoms with Crippen LogP contribution < -0.4 is 5.32 Å². The van der Waals surface area contributed by atoms with Gasteiger partial charge >= 0.3 is 6.18 Å². The summed E-state index contributed by atoms with van der Waals surface area (Å²) in [6.45, 7) is 3.60. The first-order valence-electron chi connectivity index (χ1n) is 10.4.